The molecule has 0 amide bonds. The van der Waals surface area contributed by atoms with Gasteiger partial charge in [0.1, 0.15) is 48.5 Å². The van der Waals surface area contributed by atoms with Crippen molar-refractivity contribution < 1.29 is 139 Å². The summed E-state index contributed by atoms with van der Waals surface area (Å²) in [5, 5.41) is 47.3. The van der Waals surface area contributed by atoms with Crippen molar-refractivity contribution in [1.29, 1.82) is 0 Å². The Morgan fingerprint density at radius 2 is 0.385 bits per heavy atom. The minimum atomic E-state index is -5.19. The smallest absolute Gasteiger partial charge is 0.542 e. The Hall–Kier alpha value is -6.14. The normalized spacial score (nSPS) is 11.6. The monoisotopic (exact) mass is 1710 g/mol. The van der Waals surface area contributed by atoms with Crippen molar-refractivity contribution >= 4 is 98.0 Å². The molecule has 1 aliphatic heterocycles. The van der Waals surface area contributed by atoms with E-state index in [1.54, 1.807) is 0 Å². The van der Waals surface area contributed by atoms with E-state index in [1.807, 2.05) is 0 Å². The van der Waals surface area contributed by atoms with Crippen LogP contribution < -0.4 is 62.9 Å². The van der Waals surface area contributed by atoms with Crippen molar-refractivity contribution in [2.45, 2.75) is 37.5 Å². The summed E-state index contributed by atoms with van der Waals surface area (Å²) in [6.07, 6.45) is -13.2. The molecular weight excluding hydrogens is 1650 g/mol. The summed E-state index contributed by atoms with van der Waals surface area (Å²) in [6, 6.07) is 89.0. The number of carboxylic acid groups (broad SMARTS) is 4. The van der Waals surface area contributed by atoms with Crippen LogP contribution in [0.1, 0.15) is 12.8 Å². The Bertz CT molecular complexity index is 2650. The van der Waals surface area contributed by atoms with Gasteiger partial charge in [0, 0.05) is 13.2 Å². The molecule has 0 saturated carbocycles. The number of carbonyl (C=O) groups is 4. The zero-order valence-electron chi connectivity index (χ0n) is 47.6. The van der Waals surface area contributed by atoms with Crippen molar-refractivity contribution in [2.24, 2.45) is 0 Å². The topological polar surface area (TPSA) is 170 Å². The molecule has 8 aromatic carbocycles. The molecule has 1 heterocycles. The van der Waals surface area contributed by atoms with Crippen LogP contribution in [0.5, 0.6) is 0 Å². The predicted molar refractivity (Wildman–Crippen MR) is 326 cm³/mol. The largest absolute Gasteiger partial charge is 2.00 e. The van der Waals surface area contributed by atoms with Crippen LogP contribution in [0.3, 0.4) is 0 Å². The Morgan fingerprint density at radius 3 is 0.462 bits per heavy atom. The van der Waals surface area contributed by atoms with E-state index in [0.717, 1.165) is 13.2 Å². The summed E-state index contributed by atoms with van der Waals surface area (Å²) in [4.78, 5) is 35.1. The number of hydrogen-bond acceptors (Lipinski definition) is 9. The number of hydrogen-bond donors (Lipinski definition) is 0. The van der Waals surface area contributed by atoms with Crippen LogP contribution in [-0.2, 0) is 66.0 Å². The van der Waals surface area contributed by atoms with E-state index in [0.29, 0.717) is 0 Å². The molecule has 91 heavy (non-hydrogen) atoms. The molecule has 27 heteroatoms. The average molecular weight is 1720 g/mol. The molecule has 0 aromatic heterocycles. The van der Waals surface area contributed by atoms with Crippen molar-refractivity contribution in [2.75, 3.05) is 37.9 Å². The van der Waals surface area contributed by atoms with E-state index >= 15 is 0 Å². The molecule has 9 rings (SSSR count). The SMILES string of the molecule is C1CCOC1.O=C([O-])C(F)(F)F.O=C([O-])C(F)(F)F.O=C([O-])C(F)(F)F.O=C([O-])C(F)(F)F.[Pt+2].[Pt+2].c1ccc([PH+](CC[PH+](c2ccccc2)c2ccccc2)c2ccccc2)cc1.c1ccc([PH+](CC[PH+](c2ccccc2)c2ccccc2)c2ccccc2)cc1. The van der Waals surface area contributed by atoms with Gasteiger partial charge in [0.15, 0.2) is 0 Å². The fourth-order valence-electron chi connectivity index (χ4n) is 7.95. The summed E-state index contributed by atoms with van der Waals surface area (Å²) in [5.41, 5.74) is 0. The first-order chi connectivity index (χ1) is 42.1. The second-order valence-electron chi connectivity index (χ2n) is 18.3. The molecular formula is C64H60F12O9P4Pt2+4. The molecule has 0 atom stereocenters. The predicted octanol–water partition coefficient (Wildman–Crippen LogP) is 7.42. The van der Waals surface area contributed by atoms with Gasteiger partial charge in [-0.1, -0.05) is 146 Å². The molecule has 0 radical (unpaired) electrons. The first-order valence-corrected chi connectivity index (χ1v) is 33.5. The van der Waals surface area contributed by atoms with Crippen LogP contribution in [0.25, 0.3) is 0 Å². The maximum absolute atomic E-state index is 10.5. The Kier molecular flexibility index (Phi) is 39.7. The van der Waals surface area contributed by atoms with Gasteiger partial charge < -0.3 is 44.3 Å². The van der Waals surface area contributed by atoms with E-state index in [9.17, 15) is 52.7 Å². The Labute approximate surface area is 551 Å². The van der Waals surface area contributed by atoms with Gasteiger partial charge in [0.25, 0.3) is 0 Å². The molecule has 0 unspecified atom stereocenters. The Balaban J connectivity index is 0.000000604. The van der Waals surface area contributed by atoms with E-state index in [-0.39, 0.29) is 42.1 Å². The molecule has 0 bridgehead atoms. The standard InChI is InChI=1S/2C26H24P2.C4H8O.4C2HF3O2.2Pt/c2*1-5-13-23(14-6-1)27(24-15-7-2-8-16-24)21-22-28(25-17-9-3-10-18-25)26-19-11-4-12-20-26;1-2-4-5-3-1;4*3-2(4,5)1(6)7;;/h2*1-20H,21-22H2;1-4H2;4*(H,6,7);;/q;;;;;;;2*+2. The number of benzene rings is 8. The van der Waals surface area contributed by atoms with Crippen molar-refractivity contribution in [1.82, 2.24) is 0 Å². The molecule has 8 aromatic rings. The van der Waals surface area contributed by atoms with Crippen LogP contribution in [0.2, 0.25) is 0 Å². The van der Waals surface area contributed by atoms with Crippen LogP contribution in [0.15, 0.2) is 243 Å². The third kappa shape index (κ3) is 33.8. The molecule has 1 fully saturated rings. The zero-order valence-corrected chi connectivity index (χ0v) is 56.1. The van der Waals surface area contributed by atoms with Crippen molar-refractivity contribution in [3.05, 3.63) is 243 Å². The van der Waals surface area contributed by atoms with Crippen molar-refractivity contribution in [3.8, 4) is 0 Å². The number of carboxylic acids is 4. The maximum atomic E-state index is 10.5. The van der Waals surface area contributed by atoms with Gasteiger partial charge in [-0.25, -0.2) is 0 Å². The fourth-order valence-corrected chi connectivity index (χ4v) is 20.3. The van der Waals surface area contributed by atoms with Gasteiger partial charge >= 0.3 is 66.8 Å². The molecule has 490 valence electrons. The number of alkyl halides is 12. The van der Waals surface area contributed by atoms with Gasteiger partial charge in [-0.3, -0.25) is 0 Å². The quantitative estimate of drug-likeness (QED) is 0.0795. The number of aliphatic carboxylic acids is 4. The third-order valence-electron chi connectivity index (χ3n) is 12.0. The molecule has 0 N–H and O–H groups in total. The first kappa shape index (κ1) is 82.9. The average Bonchev–Trinajstić information content (AvgIpc) is 1.38. The summed E-state index contributed by atoms with van der Waals surface area (Å²) >= 11 is 0. The molecule has 1 saturated heterocycles. The summed E-state index contributed by atoms with van der Waals surface area (Å²) < 4.78 is 131. The third-order valence-corrected chi connectivity index (χ3v) is 24.2. The fraction of sp³-hybridized carbons (Fsp3) is 0.188. The zero-order chi connectivity index (χ0) is 65.9. The number of halogens is 12. The van der Waals surface area contributed by atoms with E-state index in [1.165, 1.54) is 79.9 Å². The first-order valence-electron chi connectivity index (χ1n) is 26.7. The van der Waals surface area contributed by atoms with Gasteiger partial charge in [0.2, 0.25) is 0 Å². The summed E-state index contributed by atoms with van der Waals surface area (Å²) in [7, 11) is -3.13. The van der Waals surface area contributed by atoms with E-state index in [2.05, 4.69) is 243 Å². The molecule has 9 nitrogen and oxygen atoms in total. The van der Waals surface area contributed by atoms with Crippen LogP contribution in [-0.4, -0.2) is 86.4 Å². The van der Waals surface area contributed by atoms with Crippen LogP contribution in [0.4, 0.5) is 52.7 Å². The van der Waals surface area contributed by atoms with Crippen molar-refractivity contribution in [3.63, 3.8) is 0 Å². The second kappa shape index (κ2) is 43.6. The van der Waals surface area contributed by atoms with Gasteiger partial charge in [0.05, 0.1) is 74.1 Å². The van der Waals surface area contributed by atoms with Gasteiger partial charge in [-0.15, -0.1) is 0 Å². The van der Waals surface area contributed by atoms with E-state index in [4.69, 9.17) is 44.3 Å². The number of rotatable bonds is 14. The minimum absolute atomic E-state index is 0. The maximum Gasteiger partial charge on any atom is 2.00 e. The minimum Gasteiger partial charge on any atom is -0.542 e. The van der Waals surface area contributed by atoms with Crippen LogP contribution in [0, 0.1) is 0 Å². The Morgan fingerprint density at radius 1 is 0.275 bits per heavy atom. The van der Waals surface area contributed by atoms with Gasteiger partial charge in [-0.05, 0) is 110 Å². The summed E-state index contributed by atoms with van der Waals surface area (Å²) in [5.74, 6) is -12.0. The summed E-state index contributed by atoms with van der Waals surface area (Å²) in [6.45, 7) is 2.00. The van der Waals surface area contributed by atoms with Gasteiger partial charge in [-0.2, -0.15) is 52.7 Å². The van der Waals surface area contributed by atoms with Crippen LogP contribution >= 0.6 is 31.7 Å². The molecule has 0 aliphatic carbocycles. The molecule has 0 spiro atoms. The molecule has 1 aliphatic rings. The number of carbonyl (C=O) groups excluding carboxylic acids is 4. The van der Waals surface area contributed by atoms with E-state index < -0.39 is 80.3 Å². The second-order valence-corrected chi connectivity index (χ2v) is 28.7. The number of ether oxygens (including phenoxy) is 1.